The molecule has 0 spiro atoms. The van der Waals surface area contributed by atoms with Gasteiger partial charge in [-0.05, 0) is 6.42 Å². The number of nitrogen functional groups attached to an aromatic ring is 1. The van der Waals surface area contributed by atoms with Crippen LogP contribution in [0, 0.1) is 0 Å². The number of aromatic nitrogens is 2. The Kier molecular flexibility index (Phi) is 3.01. The Bertz CT molecular complexity index is 314. The van der Waals surface area contributed by atoms with E-state index in [2.05, 4.69) is 21.8 Å². The van der Waals surface area contributed by atoms with Crippen molar-refractivity contribution in [1.29, 1.82) is 0 Å². The predicted octanol–water partition coefficient (Wildman–Crippen LogP) is 0.674. The first-order chi connectivity index (χ1) is 7.29. The van der Waals surface area contributed by atoms with E-state index < -0.39 is 0 Å². The van der Waals surface area contributed by atoms with Crippen molar-refractivity contribution in [2.45, 2.75) is 19.4 Å². The molecular formula is C10H16N4O. The molecular weight excluding hydrogens is 192 g/mol. The molecule has 1 fully saturated rings. The zero-order valence-corrected chi connectivity index (χ0v) is 8.89. The molecule has 1 aliphatic heterocycles. The molecule has 2 N–H and O–H groups in total. The van der Waals surface area contributed by atoms with Crippen LogP contribution in [0.3, 0.4) is 0 Å². The molecule has 0 radical (unpaired) electrons. The zero-order valence-electron chi connectivity index (χ0n) is 8.89. The maximum Gasteiger partial charge on any atom is 0.225 e. The number of anilines is 2. The smallest absolute Gasteiger partial charge is 0.225 e. The molecule has 1 saturated heterocycles. The molecule has 0 saturated carbocycles. The van der Waals surface area contributed by atoms with Crippen molar-refractivity contribution in [2.24, 2.45) is 0 Å². The molecule has 2 heterocycles. The second kappa shape index (κ2) is 4.44. The van der Waals surface area contributed by atoms with Crippen LogP contribution in [0.1, 0.15) is 13.3 Å². The van der Waals surface area contributed by atoms with E-state index in [9.17, 15) is 0 Å². The average molecular weight is 208 g/mol. The summed E-state index contributed by atoms with van der Waals surface area (Å²) in [5.74, 6) is 0.742. The topological polar surface area (TPSA) is 64.3 Å². The van der Waals surface area contributed by atoms with Gasteiger partial charge in [0.2, 0.25) is 5.95 Å². The summed E-state index contributed by atoms with van der Waals surface area (Å²) < 4.78 is 5.58. The van der Waals surface area contributed by atoms with Crippen LogP contribution in [-0.4, -0.2) is 35.8 Å². The van der Waals surface area contributed by atoms with Gasteiger partial charge in [0.1, 0.15) is 0 Å². The van der Waals surface area contributed by atoms with Crippen LogP contribution in [0.4, 0.5) is 11.6 Å². The molecule has 0 aliphatic carbocycles. The van der Waals surface area contributed by atoms with E-state index in [0.29, 0.717) is 11.8 Å². The second-order valence-electron chi connectivity index (χ2n) is 3.66. The number of nitrogens with zero attached hydrogens (tertiary/aromatic N) is 3. The van der Waals surface area contributed by atoms with Crippen molar-refractivity contribution in [3.8, 4) is 0 Å². The summed E-state index contributed by atoms with van der Waals surface area (Å²) in [4.78, 5) is 10.5. The minimum atomic E-state index is 0.292. The highest BCUT2D eigenvalue weighted by molar-refractivity contribution is 5.38. The summed E-state index contributed by atoms with van der Waals surface area (Å²) in [6.45, 7) is 4.57. The highest BCUT2D eigenvalue weighted by Crippen LogP contribution is 2.14. The van der Waals surface area contributed by atoms with E-state index >= 15 is 0 Å². The molecule has 1 unspecified atom stereocenters. The SMILES string of the molecule is CCC1CN(c2ncc(N)cn2)CCO1. The van der Waals surface area contributed by atoms with E-state index in [1.807, 2.05) is 0 Å². The summed E-state index contributed by atoms with van der Waals surface area (Å²) in [6.07, 6.45) is 4.59. The molecule has 82 valence electrons. The van der Waals surface area contributed by atoms with Crippen molar-refractivity contribution in [3.63, 3.8) is 0 Å². The van der Waals surface area contributed by atoms with Gasteiger partial charge in [0.05, 0.1) is 30.8 Å². The first-order valence-electron chi connectivity index (χ1n) is 5.23. The van der Waals surface area contributed by atoms with E-state index in [4.69, 9.17) is 10.5 Å². The van der Waals surface area contributed by atoms with Gasteiger partial charge >= 0.3 is 0 Å². The summed E-state index contributed by atoms with van der Waals surface area (Å²) in [5.41, 5.74) is 6.14. The minimum absolute atomic E-state index is 0.292. The van der Waals surface area contributed by atoms with Gasteiger partial charge in [0.15, 0.2) is 0 Å². The summed E-state index contributed by atoms with van der Waals surface area (Å²) in [5, 5.41) is 0. The molecule has 5 heteroatoms. The van der Waals surface area contributed by atoms with Gasteiger partial charge in [-0.25, -0.2) is 9.97 Å². The number of morpholine rings is 1. The zero-order chi connectivity index (χ0) is 10.7. The minimum Gasteiger partial charge on any atom is -0.396 e. The number of nitrogens with two attached hydrogens (primary N) is 1. The number of ether oxygens (including phenoxy) is 1. The quantitative estimate of drug-likeness (QED) is 0.774. The summed E-state index contributed by atoms with van der Waals surface area (Å²) >= 11 is 0. The number of hydrogen-bond acceptors (Lipinski definition) is 5. The largest absolute Gasteiger partial charge is 0.396 e. The Morgan fingerprint density at radius 2 is 2.27 bits per heavy atom. The fourth-order valence-electron chi connectivity index (χ4n) is 1.64. The van der Waals surface area contributed by atoms with Crippen molar-refractivity contribution < 1.29 is 4.74 Å². The van der Waals surface area contributed by atoms with Gasteiger partial charge in [0, 0.05) is 13.1 Å². The van der Waals surface area contributed by atoms with E-state index in [1.165, 1.54) is 0 Å². The van der Waals surface area contributed by atoms with Gasteiger partial charge in [-0.1, -0.05) is 6.92 Å². The van der Waals surface area contributed by atoms with Crippen molar-refractivity contribution in [2.75, 3.05) is 30.3 Å². The van der Waals surface area contributed by atoms with Crippen LogP contribution in [0.5, 0.6) is 0 Å². The Hall–Kier alpha value is -1.36. The van der Waals surface area contributed by atoms with Crippen LogP contribution in [-0.2, 0) is 4.74 Å². The lowest BCUT2D eigenvalue weighted by atomic mass is 10.2. The van der Waals surface area contributed by atoms with E-state index in [0.717, 1.165) is 32.1 Å². The highest BCUT2D eigenvalue weighted by atomic mass is 16.5. The third-order valence-corrected chi connectivity index (χ3v) is 2.54. The Labute approximate surface area is 89.3 Å². The molecule has 0 aromatic carbocycles. The second-order valence-corrected chi connectivity index (χ2v) is 3.66. The Morgan fingerprint density at radius 1 is 1.53 bits per heavy atom. The van der Waals surface area contributed by atoms with Crippen LogP contribution in [0.25, 0.3) is 0 Å². The normalized spacial score (nSPS) is 21.7. The lowest BCUT2D eigenvalue weighted by Crippen LogP contribution is -2.43. The maximum absolute atomic E-state index is 5.58. The fourth-order valence-corrected chi connectivity index (χ4v) is 1.64. The first-order valence-corrected chi connectivity index (χ1v) is 5.23. The van der Waals surface area contributed by atoms with Gasteiger partial charge in [-0.2, -0.15) is 0 Å². The van der Waals surface area contributed by atoms with Crippen LogP contribution in [0.2, 0.25) is 0 Å². The lowest BCUT2D eigenvalue weighted by molar-refractivity contribution is 0.0379. The van der Waals surface area contributed by atoms with Crippen molar-refractivity contribution in [1.82, 2.24) is 9.97 Å². The molecule has 2 rings (SSSR count). The molecule has 1 atom stereocenters. The lowest BCUT2D eigenvalue weighted by Gasteiger charge is -2.32. The third-order valence-electron chi connectivity index (χ3n) is 2.54. The monoisotopic (exact) mass is 208 g/mol. The Morgan fingerprint density at radius 3 is 2.93 bits per heavy atom. The molecule has 1 aliphatic rings. The van der Waals surface area contributed by atoms with Crippen LogP contribution >= 0.6 is 0 Å². The van der Waals surface area contributed by atoms with Gasteiger partial charge in [-0.3, -0.25) is 0 Å². The molecule has 15 heavy (non-hydrogen) atoms. The standard InChI is InChI=1S/C10H16N4O/c1-2-9-7-14(3-4-15-9)10-12-5-8(11)6-13-10/h5-6,9H,2-4,7,11H2,1H3. The van der Waals surface area contributed by atoms with Crippen molar-refractivity contribution in [3.05, 3.63) is 12.4 Å². The van der Waals surface area contributed by atoms with Gasteiger partial charge in [0.25, 0.3) is 0 Å². The Balaban J connectivity index is 2.06. The first kappa shape index (κ1) is 10.2. The summed E-state index contributed by atoms with van der Waals surface area (Å²) in [6, 6.07) is 0. The fraction of sp³-hybridized carbons (Fsp3) is 0.600. The van der Waals surface area contributed by atoms with E-state index in [1.54, 1.807) is 12.4 Å². The van der Waals surface area contributed by atoms with Gasteiger partial charge < -0.3 is 15.4 Å². The van der Waals surface area contributed by atoms with Crippen molar-refractivity contribution >= 4 is 11.6 Å². The molecule has 5 nitrogen and oxygen atoms in total. The third kappa shape index (κ3) is 2.36. The molecule has 1 aromatic heterocycles. The molecule has 1 aromatic rings. The average Bonchev–Trinajstić information content (AvgIpc) is 2.30. The number of hydrogen-bond donors (Lipinski definition) is 1. The van der Waals surface area contributed by atoms with E-state index in [-0.39, 0.29) is 0 Å². The maximum atomic E-state index is 5.58. The van der Waals surface area contributed by atoms with Crippen LogP contribution < -0.4 is 10.6 Å². The van der Waals surface area contributed by atoms with Crippen LogP contribution in [0.15, 0.2) is 12.4 Å². The van der Waals surface area contributed by atoms with Gasteiger partial charge in [-0.15, -0.1) is 0 Å². The molecule has 0 amide bonds. The highest BCUT2D eigenvalue weighted by Gasteiger charge is 2.20. The number of rotatable bonds is 2. The molecule has 0 bridgehead atoms. The predicted molar refractivity (Wildman–Crippen MR) is 58.7 cm³/mol. The summed E-state index contributed by atoms with van der Waals surface area (Å²) in [7, 11) is 0.